The molecular formula is C21H28O3. The molecule has 24 heavy (non-hydrogen) atoms. The summed E-state index contributed by atoms with van der Waals surface area (Å²) in [5, 5.41) is 0. The minimum absolute atomic E-state index is 0.126. The smallest absolute Gasteiger partial charge is 0.324 e. The van der Waals surface area contributed by atoms with E-state index >= 15 is 0 Å². The van der Waals surface area contributed by atoms with Crippen LogP contribution in [-0.4, -0.2) is 18.4 Å². The van der Waals surface area contributed by atoms with Gasteiger partial charge in [0.1, 0.15) is 0 Å². The van der Waals surface area contributed by atoms with E-state index in [1.807, 2.05) is 18.2 Å². The van der Waals surface area contributed by atoms with Crippen LogP contribution in [0.4, 0.5) is 0 Å². The molecule has 0 aromatic heterocycles. The van der Waals surface area contributed by atoms with Gasteiger partial charge in [-0.1, -0.05) is 69.0 Å². The van der Waals surface area contributed by atoms with E-state index in [-0.39, 0.29) is 5.78 Å². The van der Waals surface area contributed by atoms with Crippen molar-refractivity contribution >= 4 is 11.8 Å². The van der Waals surface area contributed by atoms with Crippen molar-refractivity contribution in [2.45, 2.75) is 58.8 Å². The Morgan fingerprint density at radius 1 is 1.08 bits per heavy atom. The SMILES string of the molecule is CCCCCCC/C=C1\CC1(C(=O)OCC)C(=O)c1ccccc1. The fourth-order valence-corrected chi connectivity index (χ4v) is 3.12. The molecule has 3 heteroatoms. The number of hydrogen-bond donors (Lipinski definition) is 0. The zero-order valence-corrected chi connectivity index (χ0v) is 14.8. The van der Waals surface area contributed by atoms with Crippen molar-refractivity contribution < 1.29 is 14.3 Å². The van der Waals surface area contributed by atoms with Crippen LogP contribution >= 0.6 is 0 Å². The summed E-state index contributed by atoms with van der Waals surface area (Å²) < 4.78 is 5.20. The van der Waals surface area contributed by atoms with Gasteiger partial charge in [-0.25, -0.2) is 0 Å². The molecule has 1 aliphatic rings. The molecule has 1 unspecified atom stereocenters. The first-order valence-corrected chi connectivity index (χ1v) is 9.13. The lowest BCUT2D eigenvalue weighted by Crippen LogP contribution is -2.28. The van der Waals surface area contributed by atoms with Crippen LogP contribution in [0.25, 0.3) is 0 Å². The van der Waals surface area contributed by atoms with Crippen LogP contribution in [0, 0.1) is 5.41 Å². The van der Waals surface area contributed by atoms with Crippen molar-refractivity contribution in [2.75, 3.05) is 6.61 Å². The van der Waals surface area contributed by atoms with E-state index in [1.165, 1.54) is 25.7 Å². The van der Waals surface area contributed by atoms with Crippen LogP contribution in [-0.2, 0) is 9.53 Å². The second kappa shape index (κ2) is 8.81. The largest absolute Gasteiger partial charge is 0.465 e. The van der Waals surface area contributed by atoms with Gasteiger partial charge in [-0.2, -0.15) is 0 Å². The molecule has 0 heterocycles. The second-order valence-corrected chi connectivity index (χ2v) is 6.43. The molecular weight excluding hydrogens is 300 g/mol. The molecule has 0 aliphatic heterocycles. The molecule has 0 spiro atoms. The first-order chi connectivity index (χ1) is 11.7. The highest BCUT2D eigenvalue weighted by Crippen LogP contribution is 2.55. The Kier molecular flexibility index (Phi) is 6.77. The van der Waals surface area contributed by atoms with Gasteiger partial charge in [-0.15, -0.1) is 0 Å². The standard InChI is InChI=1S/C21H28O3/c1-3-5-6-7-8-12-15-18-16-21(18,20(23)24-4-2)19(22)17-13-10-9-11-14-17/h9-11,13-15H,3-8,12,16H2,1-2H3/b18-15+. The number of unbranched alkanes of at least 4 members (excludes halogenated alkanes) is 5. The first kappa shape index (κ1) is 18.4. The van der Waals surface area contributed by atoms with Crippen LogP contribution in [0.3, 0.4) is 0 Å². The molecule has 1 aromatic carbocycles. The number of hydrogen-bond acceptors (Lipinski definition) is 3. The highest BCUT2D eigenvalue weighted by Gasteiger charge is 2.62. The van der Waals surface area contributed by atoms with Crippen LogP contribution in [0.2, 0.25) is 0 Å². The van der Waals surface area contributed by atoms with Crippen LogP contribution in [0.15, 0.2) is 42.0 Å². The Morgan fingerprint density at radius 3 is 2.46 bits per heavy atom. The number of carbonyl (C=O) groups is 2. The average molecular weight is 328 g/mol. The molecule has 0 saturated heterocycles. The third kappa shape index (κ3) is 4.14. The number of allylic oxidation sites excluding steroid dienone is 1. The molecule has 0 amide bonds. The van der Waals surface area contributed by atoms with Gasteiger partial charge in [-0.3, -0.25) is 9.59 Å². The molecule has 1 saturated carbocycles. The van der Waals surface area contributed by atoms with Gasteiger partial charge < -0.3 is 4.74 Å². The Labute approximate surface area is 145 Å². The Balaban J connectivity index is 2.05. The second-order valence-electron chi connectivity index (χ2n) is 6.43. The summed E-state index contributed by atoms with van der Waals surface area (Å²) in [7, 11) is 0. The molecule has 1 aliphatic carbocycles. The van der Waals surface area contributed by atoms with E-state index in [9.17, 15) is 9.59 Å². The maximum absolute atomic E-state index is 12.9. The van der Waals surface area contributed by atoms with Crippen molar-refractivity contribution in [3.8, 4) is 0 Å². The predicted octanol–water partition coefficient (Wildman–Crippen LogP) is 5.11. The van der Waals surface area contributed by atoms with Crippen LogP contribution in [0.5, 0.6) is 0 Å². The van der Waals surface area contributed by atoms with E-state index < -0.39 is 11.4 Å². The predicted molar refractivity (Wildman–Crippen MR) is 95.9 cm³/mol. The van der Waals surface area contributed by atoms with Gasteiger partial charge in [0.15, 0.2) is 11.2 Å². The zero-order valence-electron chi connectivity index (χ0n) is 14.8. The summed E-state index contributed by atoms with van der Waals surface area (Å²) in [5.74, 6) is -0.519. The van der Waals surface area contributed by atoms with Crippen molar-refractivity contribution in [3.05, 3.63) is 47.5 Å². The lowest BCUT2D eigenvalue weighted by Gasteiger charge is -2.12. The zero-order chi connectivity index (χ0) is 17.4. The first-order valence-electron chi connectivity index (χ1n) is 9.13. The third-order valence-electron chi connectivity index (χ3n) is 4.62. The fourth-order valence-electron chi connectivity index (χ4n) is 3.12. The summed E-state index contributed by atoms with van der Waals surface area (Å²) in [6.07, 6.45) is 9.61. The van der Waals surface area contributed by atoms with Gasteiger partial charge in [0, 0.05) is 5.56 Å². The van der Waals surface area contributed by atoms with E-state index in [0.29, 0.717) is 18.6 Å². The van der Waals surface area contributed by atoms with Crippen LogP contribution < -0.4 is 0 Å². The molecule has 0 N–H and O–H groups in total. The Bertz CT molecular complexity index is 588. The molecule has 2 rings (SSSR count). The highest BCUT2D eigenvalue weighted by atomic mass is 16.5. The normalized spacial score (nSPS) is 20.8. The van der Waals surface area contributed by atoms with Crippen molar-refractivity contribution in [2.24, 2.45) is 5.41 Å². The average Bonchev–Trinajstić information content (AvgIpc) is 3.34. The number of esters is 1. The summed E-state index contributed by atoms with van der Waals surface area (Å²) in [4.78, 5) is 25.3. The van der Waals surface area contributed by atoms with E-state index in [4.69, 9.17) is 4.74 Å². The van der Waals surface area contributed by atoms with E-state index in [1.54, 1.807) is 19.1 Å². The monoisotopic (exact) mass is 328 g/mol. The quantitative estimate of drug-likeness (QED) is 0.197. The summed E-state index contributed by atoms with van der Waals surface area (Å²) in [5.41, 5.74) is 0.461. The van der Waals surface area contributed by atoms with Crippen LogP contribution in [0.1, 0.15) is 69.2 Å². The number of ether oxygens (including phenoxy) is 1. The van der Waals surface area contributed by atoms with Gasteiger partial charge in [-0.05, 0) is 31.8 Å². The Hall–Kier alpha value is -1.90. The third-order valence-corrected chi connectivity index (χ3v) is 4.62. The molecule has 130 valence electrons. The fraction of sp³-hybridized carbons (Fsp3) is 0.524. The highest BCUT2D eigenvalue weighted by molar-refractivity contribution is 6.19. The maximum Gasteiger partial charge on any atom is 0.324 e. The van der Waals surface area contributed by atoms with Crippen molar-refractivity contribution in [3.63, 3.8) is 0 Å². The van der Waals surface area contributed by atoms with E-state index in [2.05, 4.69) is 13.0 Å². The number of carbonyl (C=O) groups excluding carboxylic acids is 2. The molecule has 3 nitrogen and oxygen atoms in total. The molecule has 1 atom stereocenters. The van der Waals surface area contributed by atoms with Gasteiger partial charge in [0.25, 0.3) is 0 Å². The number of benzene rings is 1. The van der Waals surface area contributed by atoms with Crippen molar-refractivity contribution in [1.82, 2.24) is 0 Å². The van der Waals surface area contributed by atoms with Gasteiger partial charge in [0.2, 0.25) is 0 Å². The molecule has 1 fully saturated rings. The van der Waals surface area contributed by atoms with Gasteiger partial charge >= 0.3 is 5.97 Å². The molecule has 0 radical (unpaired) electrons. The van der Waals surface area contributed by atoms with E-state index in [0.717, 1.165) is 18.4 Å². The summed E-state index contributed by atoms with van der Waals surface area (Å²) in [6, 6.07) is 9.05. The maximum atomic E-state index is 12.9. The van der Waals surface area contributed by atoms with Crippen molar-refractivity contribution in [1.29, 1.82) is 0 Å². The topological polar surface area (TPSA) is 43.4 Å². The molecule has 1 aromatic rings. The summed E-state index contributed by atoms with van der Waals surface area (Å²) in [6.45, 7) is 4.28. The minimum atomic E-state index is -1.05. The number of Topliss-reactive ketones (excluding diaryl/α,β-unsaturated/α-hetero) is 1. The molecule has 0 bridgehead atoms. The minimum Gasteiger partial charge on any atom is -0.465 e. The number of ketones is 1. The Morgan fingerprint density at radius 2 is 1.79 bits per heavy atom. The lowest BCUT2D eigenvalue weighted by molar-refractivity contribution is -0.146. The lowest BCUT2D eigenvalue weighted by atomic mass is 9.93. The van der Waals surface area contributed by atoms with Gasteiger partial charge in [0.05, 0.1) is 6.61 Å². The summed E-state index contributed by atoms with van der Waals surface area (Å²) >= 11 is 0. The number of rotatable bonds is 10.